The zero-order valence-corrected chi connectivity index (χ0v) is 21.7. The molecule has 2 aromatic carbocycles. The second-order valence-electron chi connectivity index (χ2n) is 11.5. The summed E-state index contributed by atoms with van der Waals surface area (Å²) >= 11 is 0. The molecule has 2 saturated carbocycles. The Kier molecular flexibility index (Phi) is 10.7. The molecule has 3 heteroatoms. The zero-order chi connectivity index (χ0) is 24.3. The molecular weight excluding hydrogens is 428 g/mol. The number of aliphatic hydroxyl groups is 1. The first-order valence-electron chi connectivity index (χ1n) is 14.4. The number of hydrogen-bond acceptors (Lipinski definition) is 3. The van der Waals surface area contributed by atoms with Crippen molar-refractivity contribution in [3.63, 3.8) is 0 Å². The van der Waals surface area contributed by atoms with Crippen LogP contribution in [0.4, 0.5) is 0 Å². The minimum absolute atomic E-state index is 0.0947. The van der Waals surface area contributed by atoms with Gasteiger partial charge in [0.1, 0.15) is 0 Å². The number of hydrogen-bond donors (Lipinski definition) is 2. The van der Waals surface area contributed by atoms with Gasteiger partial charge in [0.25, 0.3) is 0 Å². The zero-order valence-electron chi connectivity index (χ0n) is 21.7. The molecular formula is C32H48N2O. The number of benzene rings is 2. The van der Waals surface area contributed by atoms with Gasteiger partial charge in [0, 0.05) is 25.2 Å². The summed E-state index contributed by atoms with van der Waals surface area (Å²) in [4.78, 5) is 2.55. The van der Waals surface area contributed by atoms with Crippen molar-refractivity contribution < 1.29 is 5.11 Å². The first-order valence-corrected chi connectivity index (χ1v) is 14.4. The Labute approximate surface area is 214 Å². The van der Waals surface area contributed by atoms with Crippen LogP contribution in [0.2, 0.25) is 0 Å². The van der Waals surface area contributed by atoms with Gasteiger partial charge in [0.2, 0.25) is 0 Å². The Morgan fingerprint density at radius 3 is 1.63 bits per heavy atom. The SMILES string of the molecule is N[C@@H](CC1CCCCC1)CC(O)[C@H](CC1CCCCC1)N(Cc1ccccc1)Cc1ccccc1. The molecule has 0 amide bonds. The van der Waals surface area contributed by atoms with Crippen LogP contribution < -0.4 is 5.73 Å². The van der Waals surface area contributed by atoms with Crippen molar-refractivity contribution in [2.24, 2.45) is 17.6 Å². The second kappa shape index (κ2) is 14.2. The average Bonchev–Trinajstić information content (AvgIpc) is 2.89. The number of rotatable bonds is 12. The lowest BCUT2D eigenvalue weighted by molar-refractivity contribution is 0.0127. The predicted molar refractivity (Wildman–Crippen MR) is 147 cm³/mol. The summed E-state index contributed by atoms with van der Waals surface area (Å²) in [6, 6.07) is 21.8. The Bertz CT molecular complexity index is 772. The van der Waals surface area contributed by atoms with Crippen LogP contribution in [-0.4, -0.2) is 28.2 Å². The van der Waals surface area contributed by atoms with Gasteiger partial charge in [-0.2, -0.15) is 0 Å². The van der Waals surface area contributed by atoms with Gasteiger partial charge >= 0.3 is 0 Å². The van der Waals surface area contributed by atoms with E-state index in [4.69, 9.17) is 5.73 Å². The highest BCUT2D eigenvalue weighted by atomic mass is 16.3. The molecule has 0 spiro atoms. The third-order valence-corrected chi connectivity index (χ3v) is 8.57. The van der Waals surface area contributed by atoms with Crippen molar-refractivity contribution in [2.45, 2.75) is 115 Å². The molecule has 0 saturated heterocycles. The van der Waals surface area contributed by atoms with Crippen molar-refractivity contribution in [3.8, 4) is 0 Å². The van der Waals surface area contributed by atoms with Gasteiger partial charge in [-0.25, -0.2) is 0 Å². The maximum absolute atomic E-state index is 11.7. The fraction of sp³-hybridized carbons (Fsp3) is 0.625. The summed E-state index contributed by atoms with van der Waals surface area (Å²) in [5, 5.41) is 11.7. The molecule has 0 radical (unpaired) electrons. The lowest BCUT2D eigenvalue weighted by Gasteiger charge is -2.39. The molecule has 1 unspecified atom stereocenters. The molecule has 35 heavy (non-hydrogen) atoms. The van der Waals surface area contributed by atoms with Crippen LogP contribution in [0, 0.1) is 11.8 Å². The average molecular weight is 477 g/mol. The summed E-state index contributed by atoms with van der Waals surface area (Å²) < 4.78 is 0. The van der Waals surface area contributed by atoms with E-state index in [-0.39, 0.29) is 18.2 Å². The third kappa shape index (κ3) is 8.74. The molecule has 0 aromatic heterocycles. The van der Waals surface area contributed by atoms with Gasteiger partial charge in [-0.3, -0.25) is 4.90 Å². The molecule has 3 atom stereocenters. The first-order chi connectivity index (χ1) is 17.2. The minimum atomic E-state index is -0.386. The summed E-state index contributed by atoms with van der Waals surface area (Å²) in [6.07, 6.45) is 15.9. The van der Waals surface area contributed by atoms with Crippen LogP contribution in [0.3, 0.4) is 0 Å². The normalized spacial score (nSPS) is 20.5. The Morgan fingerprint density at radius 2 is 1.14 bits per heavy atom. The number of nitrogens with zero attached hydrogens (tertiary/aromatic N) is 1. The summed E-state index contributed by atoms with van der Waals surface area (Å²) in [5.41, 5.74) is 9.33. The molecule has 3 N–H and O–H groups in total. The molecule has 0 heterocycles. The Morgan fingerprint density at radius 1 is 0.686 bits per heavy atom. The van der Waals surface area contributed by atoms with Crippen LogP contribution in [0.5, 0.6) is 0 Å². The van der Waals surface area contributed by atoms with Crippen molar-refractivity contribution in [1.29, 1.82) is 0 Å². The van der Waals surface area contributed by atoms with E-state index in [2.05, 4.69) is 65.6 Å². The lowest BCUT2D eigenvalue weighted by atomic mass is 9.80. The molecule has 2 aliphatic rings. The Balaban J connectivity index is 1.51. The summed E-state index contributed by atoms with van der Waals surface area (Å²) in [6.45, 7) is 1.73. The highest BCUT2D eigenvalue weighted by molar-refractivity contribution is 5.17. The van der Waals surface area contributed by atoms with E-state index in [1.54, 1.807) is 0 Å². The van der Waals surface area contributed by atoms with Crippen molar-refractivity contribution in [2.75, 3.05) is 0 Å². The maximum atomic E-state index is 11.7. The van der Waals surface area contributed by atoms with Gasteiger partial charge in [0.05, 0.1) is 6.10 Å². The number of nitrogens with two attached hydrogens (primary N) is 1. The van der Waals surface area contributed by atoms with Crippen LogP contribution in [-0.2, 0) is 13.1 Å². The van der Waals surface area contributed by atoms with Crippen LogP contribution in [0.15, 0.2) is 60.7 Å². The van der Waals surface area contributed by atoms with E-state index >= 15 is 0 Å². The maximum Gasteiger partial charge on any atom is 0.0710 e. The number of aliphatic hydroxyl groups excluding tert-OH is 1. The molecule has 2 aliphatic carbocycles. The largest absolute Gasteiger partial charge is 0.391 e. The van der Waals surface area contributed by atoms with Crippen molar-refractivity contribution in [3.05, 3.63) is 71.8 Å². The van der Waals surface area contributed by atoms with Gasteiger partial charge < -0.3 is 10.8 Å². The van der Waals surface area contributed by atoms with E-state index in [1.165, 1.54) is 75.3 Å². The minimum Gasteiger partial charge on any atom is -0.391 e. The fourth-order valence-corrected chi connectivity index (χ4v) is 6.65. The molecule has 3 nitrogen and oxygen atoms in total. The topological polar surface area (TPSA) is 49.5 Å². The first kappa shape index (κ1) is 26.4. The predicted octanol–water partition coefficient (Wildman–Crippen LogP) is 7.08. The van der Waals surface area contributed by atoms with E-state index in [9.17, 15) is 5.11 Å². The molecule has 0 aliphatic heterocycles. The highest BCUT2D eigenvalue weighted by Crippen LogP contribution is 2.33. The molecule has 0 bridgehead atoms. The third-order valence-electron chi connectivity index (χ3n) is 8.57. The molecule has 192 valence electrons. The van der Waals surface area contributed by atoms with Crippen LogP contribution in [0.1, 0.15) is 94.6 Å². The standard InChI is InChI=1S/C32H48N2O/c33-30(21-26-13-5-1-6-14-26)23-32(35)31(22-27-15-7-2-8-16-27)34(24-28-17-9-3-10-18-28)25-29-19-11-4-12-20-29/h3-4,9-12,17-20,26-27,30-32,35H,1-2,5-8,13-16,21-25,33H2/t30-,31-,32?/m0/s1. The van der Waals surface area contributed by atoms with Gasteiger partial charge in [-0.1, -0.05) is 125 Å². The van der Waals surface area contributed by atoms with Gasteiger partial charge in [-0.05, 0) is 42.2 Å². The van der Waals surface area contributed by atoms with Gasteiger partial charge in [0.15, 0.2) is 0 Å². The fourth-order valence-electron chi connectivity index (χ4n) is 6.65. The van der Waals surface area contributed by atoms with E-state index in [0.717, 1.165) is 31.8 Å². The van der Waals surface area contributed by atoms with Crippen molar-refractivity contribution >= 4 is 0 Å². The van der Waals surface area contributed by atoms with Crippen LogP contribution >= 0.6 is 0 Å². The molecule has 4 rings (SSSR count). The van der Waals surface area contributed by atoms with E-state index in [0.29, 0.717) is 12.3 Å². The highest BCUT2D eigenvalue weighted by Gasteiger charge is 2.31. The monoisotopic (exact) mass is 476 g/mol. The molecule has 2 fully saturated rings. The smallest absolute Gasteiger partial charge is 0.0710 e. The molecule has 2 aromatic rings. The summed E-state index contributed by atoms with van der Waals surface area (Å²) in [7, 11) is 0. The second-order valence-corrected chi connectivity index (χ2v) is 11.5. The summed E-state index contributed by atoms with van der Waals surface area (Å²) in [5.74, 6) is 1.47. The Hall–Kier alpha value is -1.68. The van der Waals surface area contributed by atoms with Gasteiger partial charge in [-0.15, -0.1) is 0 Å². The lowest BCUT2D eigenvalue weighted by Crippen LogP contribution is -2.46. The van der Waals surface area contributed by atoms with E-state index in [1.807, 2.05) is 0 Å². The van der Waals surface area contributed by atoms with E-state index < -0.39 is 0 Å². The van der Waals surface area contributed by atoms with Crippen LogP contribution in [0.25, 0.3) is 0 Å². The quantitative estimate of drug-likeness (QED) is 0.344. The van der Waals surface area contributed by atoms with Crippen molar-refractivity contribution in [1.82, 2.24) is 4.90 Å².